The highest BCUT2D eigenvalue weighted by Crippen LogP contribution is 2.29. The zero-order chi connectivity index (χ0) is 21.2. The molecule has 1 amide bonds. The van der Waals surface area contributed by atoms with Gasteiger partial charge in [0, 0.05) is 40.6 Å². The molecule has 5 rings (SSSR count). The molecule has 0 saturated heterocycles. The molecule has 3 heterocycles. The smallest absolute Gasteiger partial charge is 0.255 e. The molecule has 0 saturated carbocycles. The molecule has 0 fully saturated rings. The lowest BCUT2D eigenvalue weighted by Gasteiger charge is -2.20. The highest BCUT2D eigenvalue weighted by atomic mass is 16.1. The molecule has 7 heteroatoms. The molecule has 31 heavy (non-hydrogen) atoms. The van der Waals surface area contributed by atoms with Gasteiger partial charge in [0.15, 0.2) is 0 Å². The zero-order valence-electron chi connectivity index (χ0n) is 16.7. The van der Waals surface area contributed by atoms with E-state index in [1.807, 2.05) is 48.5 Å². The molecule has 0 atom stereocenters. The molecule has 2 aromatic carbocycles. The summed E-state index contributed by atoms with van der Waals surface area (Å²) >= 11 is 0. The maximum absolute atomic E-state index is 12.4. The Labute approximate surface area is 178 Å². The lowest BCUT2D eigenvalue weighted by Crippen LogP contribution is -2.30. The first-order valence-electron chi connectivity index (χ1n) is 10.2. The minimum absolute atomic E-state index is 0.0628. The molecule has 154 valence electrons. The van der Waals surface area contributed by atoms with Gasteiger partial charge in [-0.15, -0.1) is 0 Å². The number of anilines is 3. The monoisotopic (exact) mass is 411 g/mol. The number of carbonyl (C=O) groups is 1. The zero-order valence-corrected chi connectivity index (χ0v) is 16.7. The predicted molar refractivity (Wildman–Crippen MR) is 122 cm³/mol. The van der Waals surface area contributed by atoms with Gasteiger partial charge in [-0.25, -0.2) is 4.98 Å². The number of pyridine rings is 2. The van der Waals surface area contributed by atoms with E-state index >= 15 is 0 Å². The number of nitrogens with one attached hydrogen (secondary N) is 4. The van der Waals surface area contributed by atoms with Crippen LogP contribution in [0.15, 0.2) is 71.7 Å². The fraction of sp³-hybridized carbons (Fsp3) is 0.125. The minimum atomic E-state index is -0.149. The molecule has 4 N–H and O–H groups in total. The number of rotatable bonds is 4. The Kier molecular flexibility index (Phi) is 4.93. The van der Waals surface area contributed by atoms with Crippen molar-refractivity contribution in [3.05, 3.63) is 93.9 Å². The first-order valence-corrected chi connectivity index (χ1v) is 10.2. The highest BCUT2D eigenvalue weighted by Gasteiger charge is 2.19. The summed E-state index contributed by atoms with van der Waals surface area (Å²) in [4.78, 5) is 32.0. The second kappa shape index (κ2) is 8.04. The van der Waals surface area contributed by atoms with Crippen molar-refractivity contribution in [1.29, 1.82) is 0 Å². The Morgan fingerprint density at radius 2 is 1.71 bits per heavy atom. The van der Waals surface area contributed by atoms with Crippen LogP contribution in [-0.2, 0) is 13.0 Å². The number of aromatic nitrogens is 2. The Hall–Kier alpha value is -3.97. The normalized spacial score (nSPS) is 12.9. The van der Waals surface area contributed by atoms with E-state index in [9.17, 15) is 9.59 Å². The predicted octanol–water partition coefficient (Wildman–Crippen LogP) is 3.56. The van der Waals surface area contributed by atoms with Crippen molar-refractivity contribution in [3.8, 4) is 0 Å². The number of H-pyrrole nitrogens is 1. The SMILES string of the molecule is O=C(Nc1ccc(Nc2ccnc3[nH]c(=O)c4c(c23)CNCC4)cc1)c1ccccc1. The van der Waals surface area contributed by atoms with Crippen LogP contribution in [0.4, 0.5) is 17.1 Å². The van der Waals surface area contributed by atoms with Gasteiger partial charge >= 0.3 is 0 Å². The Bertz CT molecular complexity index is 1310. The Balaban J connectivity index is 1.41. The van der Waals surface area contributed by atoms with Gasteiger partial charge in [0.1, 0.15) is 5.65 Å². The summed E-state index contributed by atoms with van der Waals surface area (Å²) in [5, 5.41) is 10.6. The minimum Gasteiger partial charge on any atom is -0.355 e. The third-order valence-corrected chi connectivity index (χ3v) is 5.43. The van der Waals surface area contributed by atoms with Gasteiger partial charge in [0.2, 0.25) is 0 Å². The van der Waals surface area contributed by atoms with Crippen molar-refractivity contribution in [1.82, 2.24) is 15.3 Å². The first kappa shape index (κ1) is 19.0. The number of aromatic amines is 1. The number of hydrogen-bond acceptors (Lipinski definition) is 5. The molecule has 0 aliphatic carbocycles. The molecule has 0 radical (unpaired) electrons. The van der Waals surface area contributed by atoms with E-state index in [1.165, 1.54) is 0 Å². The molecule has 4 aromatic rings. The van der Waals surface area contributed by atoms with E-state index in [4.69, 9.17) is 0 Å². The summed E-state index contributed by atoms with van der Waals surface area (Å²) in [5.74, 6) is -0.149. The fourth-order valence-corrected chi connectivity index (χ4v) is 3.91. The van der Waals surface area contributed by atoms with Crippen LogP contribution >= 0.6 is 0 Å². The lowest BCUT2D eigenvalue weighted by molar-refractivity contribution is 0.102. The van der Waals surface area contributed by atoms with Crippen molar-refractivity contribution in [2.75, 3.05) is 17.2 Å². The number of hydrogen-bond donors (Lipinski definition) is 4. The van der Waals surface area contributed by atoms with Crippen molar-refractivity contribution in [2.45, 2.75) is 13.0 Å². The third kappa shape index (κ3) is 3.78. The molecular formula is C24H21N5O2. The largest absolute Gasteiger partial charge is 0.355 e. The molecule has 7 nitrogen and oxygen atoms in total. The summed E-state index contributed by atoms with van der Waals surface area (Å²) < 4.78 is 0. The Morgan fingerprint density at radius 3 is 2.52 bits per heavy atom. The van der Waals surface area contributed by atoms with Gasteiger partial charge in [0.05, 0.1) is 5.69 Å². The molecular weight excluding hydrogens is 390 g/mol. The lowest BCUT2D eigenvalue weighted by atomic mass is 9.98. The van der Waals surface area contributed by atoms with E-state index in [0.29, 0.717) is 29.9 Å². The number of nitrogens with zero attached hydrogens (tertiary/aromatic N) is 1. The van der Waals surface area contributed by atoms with Gasteiger partial charge in [-0.2, -0.15) is 0 Å². The summed E-state index contributed by atoms with van der Waals surface area (Å²) in [6, 6.07) is 18.5. The molecule has 0 bridgehead atoms. The van der Waals surface area contributed by atoms with Gasteiger partial charge in [-0.3, -0.25) is 9.59 Å². The number of fused-ring (bicyclic) bond motifs is 3. The van der Waals surface area contributed by atoms with E-state index in [-0.39, 0.29) is 11.5 Å². The van der Waals surface area contributed by atoms with Gasteiger partial charge < -0.3 is 20.9 Å². The van der Waals surface area contributed by atoms with E-state index in [2.05, 4.69) is 25.9 Å². The average molecular weight is 411 g/mol. The topological polar surface area (TPSA) is 98.9 Å². The molecule has 1 aliphatic heterocycles. The van der Waals surface area contributed by atoms with Crippen LogP contribution in [0.5, 0.6) is 0 Å². The van der Waals surface area contributed by atoms with Crippen LogP contribution in [-0.4, -0.2) is 22.4 Å². The van der Waals surface area contributed by atoms with Gasteiger partial charge in [0.25, 0.3) is 11.5 Å². The summed E-state index contributed by atoms with van der Waals surface area (Å²) in [5.41, 5.74) is 5.39. The molecule has 0 unspecified atom stereocenters. The first-order chi connectivity index (χ1) is 15.2. The van der Waals surface area contributed by atoms with Crippen molar-refractivity contribution in [3.63, 3.8) is 0 Å². The van der Waals surface area contributed by atoms with E-state index in [1.54, 1.807) is 18.3 Å². The summed E-state index contributed by atoms with van der Waals surface area (Å²) in [7, 11) is 0. The van der Waals surface area contributed by atoms with Crippen LogP contribution in [0.1, 0.15) is 21.5 Å². The van der Waals surface area contributed by atoms with E-state index in [0.717, 1.165) is 34.4 Å². The fourth-order valence-electron chi connectivity index (χ4n) is 3.91. The highest BCUT2D eigenvalue weighted by molar-refractivity contribution is 6.04. The average Bonchev–Trinajstić information content (AvgIpc) is 2.81. The molecule has 2 aromatic heterocycles. The van der Waals surface area contributed by atoms with Crippen LogP contribution in [0.3, 0.4) is 0 Å². The second-order valence-corrected chi connectivity index (χ2v) is 7.44. The van der Waals surface area contributed by atoms with Crippen LogP contribution < -0.4 is 21.5 Å². The molecule has 0 spiro atoms. The second-order valence-electron chi connectivity index (χ2n) is 7.44. The van der Waals surface area contributed by atoms with Crippen LogP contribution in [0.25, 0.3) is 11.0 Å². The van der Waals surface area contributed by atoms with Crippen molar-refractivity contribution < 1.29 is 4.79 Å². The number of amides is 1. The molecule has 1 aliphatic rings. The van der Waals surface area contributed by atoms with Gasteiger partial charge in [-0.1, -0.05) is 18.2 Å². The van der Waals surface area contributed by atoms with Crippen molar-refractivity contribution in [2.24, 2.45) is 0 Å². The van der Waals surface area contributed by atoms with Crippen molar-refractivity contribution >= 4 is 34.0 Å². The summed E-state index contributed by atoms with van der Waals surface area (Å²) in [6.45, 7) is 1.43. The maximum atomic E-state index is 12.4. The van der Waals surface area contributed by atoms with E-state index < -0.39 is 0 Å². The Morgan fingerprint density at radius 1 is 0.935 bits per heavy atom. The van der Waals surface area contributed by atoms with Crippen LogP contribution in [0, 0.1) is 0 Å². The standard InChI is InChI=1S/C24H21N5O2/c30-23(15-4-2-1-3-5-15)28-17-8-6-16(7-9-17)27-20-11-13-26-22-21(20)19-14-25-12-10-18(19)24(31)29-22/h1-9,11,13,25H,10,12,14H2,(H,28,30)(H2,26,27,29,31). The van der Waals surface area contributed by atoms with Gasteiger partial charge in [-0.05, 0) is 61.0 Å². The van der Waals surface area contributed by atoms with Crippen LogP contribution in [0.2, 0.25) is 0 Å². The number of benzene rings is 2. The number of carbonyl (C=O) groups excluding carboxylic acids is 1. The maximum Gasteiger partial charge on any atom is 0.255 e. The quantitative estimate of drug-likeness (QED) is 0.412. The third-order valence-electron chi connectivity index (χ3n) is 5.43. The summed E-state index contributed by atoms with van der Waals surface area (Å²) in [6.07, 6.45) is 2.38.